The normalized spacial score (nSPS) is 37.5. The van der Waals surface area contributed by atoms with Gasteiger partial charge in [0.05, 0.1) is 63.8 Å². The smallest absolute Gasteiger partial charge is 0.175 e. The van der Waals surface area contributed by atoms with Gasteiger partial charge in [0.2, 0.25) is 0 Å². The highest BCUT2D eigenvalue weighted by Crippen LogP contribution is 2.80. The summed E-state index contributed by atoms with van der Waals surface area (Å²) in [6.45, 7) is 0.981. The lowest BCUT2D eigenvalue weighted by atomic mass is 9.46. The number of phenols is 2. The van der Waals surface area contributed by atoms with Crippen molar-refractivity contribution in [1.82, 2.24) is 0 Å². The van der Waals surface area contributed by atoms with E-state index in [9.17, 15) is 54.9 Å². The fourth-order valence-electron chi connectivity index (χ4n) is 9.52. The Bertz CT molecular complexity index is 1830. The van der Waals surface area contributed by atoms with E-state index in [1.54, 1.807) is 6.92 Å². The highest BCUT2D eigenvalue weighted by Gasteiger charge is 2.89. The van der Waals surface area contributed by atoms with Crippen molar-refractivity contribution in [3.05, 3.63) is 68.8 Å². The van der Waals surface area contributed by atoms with Gasteiger partial charge in [0.25, 0.3) is 0 Å². The summed E-state index contributed by atoms with van der Waals surface area (Å²) in [6.07, 6.45) is -3.47. The van der Waals surface area contributed by atoms with Gasteiger partial charge in [0.15, 0.2) is 23.1 Å². The average molecular weight is 558 g/mol. The van der Waals surface area contributed by atoms with E-state index in [1.165, 1.54) is 18.2 Å². The molecule has 0 aliphatic heterocycles. The topological polar surface area (TPSA) is 210 Å². The molecule has 0 radical (unpaired) electrons. The maximum Gasteiger partial charge on any atom is 0.175 e. The van der Waals surface area contributed by atoms with E-state index >= 15 is 0 Å². The van der Waals surface area contributed by atoms with Crippen LogP contribution in [-0.4, -0.2) is 71.1 Å². The largest absolute Gasteiger partial charge is 0.507 e. The molecule has 8 atom stereocenters. The number of allylic oxidation sites excluding steroid dienone is 2. The van der Waals surface area contributed by atoms with Crippen LogP contribution >= 0.6 is 0 Å². The molecule has 41 heavy (non-hydrogen) atoms. The van der Waals surface area contributed by atoms with Gasteiger partial charge in [-0.05, 0) is 42.3 Å². The Labute approximate surface area is 230 Å². The first-order valence-electron chi connectivity index (χ1n) is 13.1. The molecule has 6 aliphatic rings. The number of hydrogen-bond acceptors (Lipinski definition) is 11. The van der Waals surface area contributed by atoms with Crippen molar-refractivity contribution in [2.24, 2.45) is 34.5 Å². The van der Waals surface area contributed by atoms with E-state index in [-0.39, 0.29) is 22.3 Å². The molecule has 11 nitrogen and oxygen atoms in total. The lowest BCUT2D eigenvalue weighted by Crippen LogP contribution is -2.65. The van der Waals surface area contributed by atoms with Crippen molar-refractivity contribution in [2.45, 2.75) is 25.7 Å². The van der Waals surface area contributed by atoms with Crippen LogP contribution in [0.15, 0.2) is 35.4 Å². The van der Waals surface area contributed by atoms with E-state index in [1.807, 2.05) is 0 Å². The molecule has 4 bridgehead atoms. The molecule has 0 saturated heterocycles. The third-order valence-electron chi connectivity index (χ3n) is 10.5. The number of phenolic OH excluding ortho intramolecular Hbond substituents is 2. The molecule has 0 aromatic heterocycles. The van der Waals surface area contributed by atoms with Gasteiger partial charge in [0, 0.05) is 23.0 Å². The number of rotatable bonds is 1. The fraction of sp³-hybridized carbons (Fsp3) is 0.333. The number of ketones is 4. The molecule has 0 unspecified atom stereocenters. The number of hydrogen-bond donors (Lipinski definition) is 7. The number of Topliss-reactive ketones (excluding diaryl/α,β-unsaturated/α-hetero) is 4. The summed E-state index contributed by atoms with van der Waals surface area (Å²) >= 11 is 0. The van der Waals surface area contributed by atoms with Crippen molar-refractivity contribution in [2.75, 3.05) is 0 Å². The Morgan fingerprint density at radius 3 is 1.59 bits per heavy atom. The summed E-state index contributed by atoms with van der Waals surface area (Å²) in [5.41, 5.74) is -6.47. The molecule has 7 N–H and O–H groups in total. The number of carbonyl (C=O) groups excluding carboxylic acids is 4. The Morgan fingerprint density at radius 1 is 0.683 bits per heavy atom. The van der Waals surface area contributed by atoms with Crippen LogP contribution in [0.4, 0.5) is 0 Å². The second kappa shape index (κ2) is 6.93. The summed E-state index contributed by atoms with van der Waals surface area (Å²) in [5, 5.41) is 77.6. The van der Waals surface area contributed by atoms with Crippen molar-refractivity contribution >= 4 is 34.7 Å². The molecular weight excluding hydrogens is 536 g/mol. The first-order chi connectivity index (χ1) is 19.4. The minimum absolute atomic E-state index is 0.0871. The lowest BCUT2D eigenvalue weighted by Gasteiger charge is -2.53. The van der Waals surface area contributed by atoms with Gasteiger partial charge in [-0.1, -0.05) is 0 Å². The molecule has 0 heterocycles. The zero-order chi connectivity index (χ0) is 29.2. The Kier molecular flexibility index (Phi) is 4.14. The molecule has 4 fully saturated rings. The minimum Gasteiger partial charge on any atom is -0.507 e. The van der Waals surface area contributed by atoms with Crippen LogP contribution in [0, 0.1) is 41.4 Å². The van der Waals surface area contributed by atoms with Crippen LogP contribution in [0.25, 0.3) is 11.5 Å². The first-order valence-corrected chi connectivity index (χ1v) is 13.1. The van der Waals surface area contributed by atoms with Gasteiger partial charge >= 0.3 is 0 Å². The van der Waals surface area contributed by atoms with E-state index < -0.39 is 116 Å². The van der Waals surface area contributed by atoms with Gasteiger partial charge in [0.1, 0.15) is 23.0 Å². The molecule has 0 amide bonds. The molecule has 6 aliphatic carbocycles. The summed E-state index contributed by atoms with van der Waals surface area (Å²) in [7, 11) is 0. The predicted octanol–water partition coefficient (Wildman–Crippen LogP) is 0.882. The van der Waals surface area contributed by atoms with Crippen molar-refractivity contribution in [3.63, 3.8) is 0 Å². The zero-order valence-electron chi connectivity index (χ0n) is 21.2. The third kappa shape index (κ3) is 2.14. The van der Waals surface area contributed by atoms with E-state index in [2.05, 4.69) is 0 Å². The Hall–Kier alpha value is -4.32. The predicted molar refractivity (Wildman–Crippen MR) is 135 cm³/mol. The van der Waals surface area contributed by atoms with Crippen LogP contribution in [-0.2, 0) is 16.2 Å². The van der Waals surface area contributed by atoms with Crippen LogP contribution in [0.1, 0.15) is 43.0 Å². The van der Waals surface area contributed by atoms with Gasteiger partial charge in [-0.3, -0.25) is 19.2 Å². The summed E-state index contributed by atoms with van der Waals surface area (Å²) in [5.74, 6) is -12.9. The van der Waals surface area contributed by atoms with Crippen LogP contribution in [0.2, 0.25) is 0 Å². The summed E-state index contributed by atoms with van der Waals surface area (Å²) in [6, 6.07) is 4.95. The van der Waals surface area contributed by atoms with Crippen molar-refractivity contribution < 1.29 is 54.9 Å². The van der Waals surface area contributed by atoms with E-state index in [4.69, 9.17) is 0 Å². The monoisotopic (exact) mass is 558 g/mol. The second-order valence-electron chi connectivity index (χ2n) is 12.0. The third-order valence-corrected chi connectivity index (χ3v) is 10.5. The SMILES string of the molecule is Cc1cc(O)c2c(c1)C(=O)[C@@]13C(=C2O)C(=O)[C@H]2[C@@H](O)[C@H]1[C@H]1[C@@H](O)[C@@H]3C(=O)C3=C(O)c4c(O)cc(CO)cc4C(=O)[C@]312. The van der Waals surface area contributed by atoms with Gasteiger partial charge in [-0.15, -0.1) is 0 Å². The maximum absolute atomic E-state index is 14.6. The van der Waals surface area contributed by atoms with Gasteiger partial charge < -0.3 is 35.7 Å². The number of aromatic hydroxyl groups is 2. The molecule has 2 aromatic carbocycles. The number of carbonyl (C=O) groups is 4. The molecule has 208 valence electrons. The Balaban J connectivity index is 1.54. The zero-order valence-corrected chi connectivity index (χ0v) is 21.2. The van der Waals surface area contributed by atoms with Crippen LogP contribution in [0.3, 0.4) is 0 Å². The quantitative estimate of drug-likeness (QED) is 0.261. The first kappa shape index (κ1) is 24.5. The number of aliphatic hydroxyl groups is 5. The average Bonchev–Trinajstić information content (AvgIpc) is 3.26. The van der Waals surface area contributed by atoms with Crippen molar-refractivity contribution in [1.29, 1.82) is 0 Å². The molecule has 11 heteroatoms. The van der Waals surface area contributed by atoms with E-state index in [0.29, 0.717) is 5.56 Å². The molecule has 2 aromatic rings. The Morgan fingerprint density at radius 2 is 1.12 bits per heavy atom. The fourth-order valence-corrected chi connectivity index (χ4v) is 9.52. The van der Waals surface area contributed by atoms with Crippen LogP contribution in [0.5, 0.6) is 11.5 Å². The number of aryl methyl sites for hydroxylation is 1. The number of benzene rings is 2. The standard InChI is InChI=1S/C30H22O11/c1-7-2-9-13(11(32)3-7)21(34)17-25(38)20-23(36)15-16-24(37)19(29(15,17)27(9)40)26(39)18-22(35)14-10(28(41)30(16,18)20)4-8(6-31)5-12(14)33/h2-5,15-16,19-20,23-24,31-37H,6H2,1H3/t15-,16+,19-,20-,23+,24-,29-,30+/m1/s1. The summed E-state index contributed by atoms with van der Waals surface area (Å²) < 4.78 is 0. The molecule has 8 rings (SSSR count). The second-order valence-corrected chi connectivity index (χ2v) is 12.0. The summed E-state index contributed by atoms with van der Waals surface area (Å²) in [4.78, 5) is 57.9. The number of fused-ring (bicyclic) bond motifs is 4. The van der Waals surface area contributed by atoms with Gasteiger partial charge in [-0.2, -0.15) is 0 Å². The minimum atomic E-state index is -2.33. The van der Waals surface area contributed by atoms with E-state index in [0.717, 1.165) is 6.07 Å². The maximum atomic E-state index is 14.6. The van der Waals surface area contributed by atoms with Crippen molar-refractivity contribution in [3.8, 4) is 11.5 Å². The molecule has 4 saturated carbocycles. The van der Waals surface area contributed by atoms with Gasteiger partial charge in [-0.25, -0.2) is 0 Å². The highest BCUT2D eigenvalue weighted by atomic mass is 16.3. The molecular formula is C30H22O11. The lowest BCUT2D eigenvalue weighted by molar-refractivity contribution is -0.142. The van der Waals surface area contributed by atoms with Crippen LogP contribution < -0.4 is 0 Å². The molecule has 2 spiro atoms. The highest BCUT2D eigenvalue weighted by molar-refractivity contribution is 6.30. The number of aliphatic hydroxyl groups excluding tert-OH is 5.